The largest absolute Gasteiger partial charge is 0.339 e. The molecule has 0 aromatic carbocycles. The van der Waals surface area contributed by atoms with Crippen molar-refractivity contribution in [2.75, 3.05) is 6.54 Å². The molecular weight excluding hydrogens is 374 g/mol. The lowest BCUT2D eigenvalue weighted by Crippen LogP contribution is -2.55. The summed E-state index contributed by atoms with van der Waals surface area (Å²) in [6, 6.07) is -0.427. The van der Waals surface area contributed by atoms with E-state index in [0.29, 0.717) is 31.1 Å². The molecule has 0 aromatic heterocycles. The highest BCUT2D eigenvalue weighted by atomic mass is 32.2. The van der Waals surface area contributed by atoms with E-state index in [1.807, 2.05) is 0 Å². The summed E-state index contributed by atoms with van der Waals surface area (Å²) in [6.07, 6.45) is 14.4. The predicted octanol–water partition coefficient (Wildman–Crippen LogP) is 2.69. The van der Waals surface area contributed by atoms with Gasteiger partial charge in [0.05, 0.1) is 0 Å². The molecule has 0 bridgehead atoms. The van der Waals surface area contributed by atoms with Crippen molar-refractivity contribution >= 4 is 29.7 Å². The zero-order chi connectivity index (χ0) is 19.6. The zero-order valence-electron chi connectivity index (χ0n) is 16.5. The van der Waals surface area contributed by atoms with E-state index in [4.69, 9.17) is 0 Å². The molecule has 2 unspecified atom stereocenters. The molecule has 2 aliphatic heterocycles. The Labute approximate surface area is 171 Å². The van der Waals surface area contributed by atoms with Gasteiger partial charge in [-0.05, 0) is 63.3 Å². The van der Waals surface area contributed by atoms with E-state index in [9.17, 15) is 14.4 Å². The highest BCUT2D eigenvalue weighted by molar-refractivity contribution is 7.98. The van der Waals surface area contributed by atoms with Gasteiger partial charge in [-0.1, -0.05) is 25.0 Å². The number of hydrogen-bond donors (Lipinski definition) is 2. The summed E-state index contributed by atoms with van der Waals surface area (Å²) in [5, 5.41) is 3.59. The van der Waals surface area contributed by atoms with E-state index in [0.717, 1.165) is 51.4 Å². The van der Waals surface area contributed by atoms with E-state index >= 15 is 0 Å². The average Bonchev–Trinajstić information content (AvgIpc) is 3.58. The van der Waals surface area contributed by atoms with E-state index in [1.54, 1.807) is 4.90 Å². The van der Waals surface area contributed by atoms with Crippen LogP contribution in [0.4, 0.5) is 0 Å². The van der Waals surface area contributed by atoms with Crippen LogP contribution in [0.3, 0.4) is 0 Å². The van der Waals surface area contributed by atoms with Gasteiger partial charge < -0.3 is 10.2 Å². The smallest absolute Gasteiger partial charge is 0.256 e. The molecule has 4 rings (SSSR count). The van der Waals surface area contributed by atoms with E-state index < -0.39 is 11.6 Å². The molecule has 3 fully saturated rings. The molecular formula is C21H31N3O3S. The number of carbonyl (C=O) groups excluding carboxylic acids is 3. The topological polar surface area (TPSA) is 78.5 Å². The normalized spacial score (nSPS) is 35.1. The van der Waals surface area contributed by atoms with Gasteiger partial charge >= 0.3 is 0 Å². The van der Waals surface area contributed by atoms with Crippen LogP contribution in [-0.2, 0) is 14.4 Å². The van der Waals surface area contributed by atoms with Gasteiger partial charge in [0.1, 0.15) is 11.6 Å². The Kier molecular flexibility index (Phi) is 5.99. The molecule has 0 aromatic rings. The fourth-order valence-corrected chi connectivity index (χ4v) is 5.16. The van der Waals surface area contributed by atoms with Gasteiger partial charge in [0.2, 0.25) is 11.8 Å². The van der Waals surface area contributed by atoms with Crippen molar-refractivity contribution in [1.82, 2.24) is 14.9 Å². The Balaban J connectivity index is 1.49. The lowest BCUT2D eigenvalue weighted by molar-refractivity contribution is -0.139. The van der Waals surface area contributed by atoms with Gasteiger partial charge in [0.25, 0.3) is 5.91 Å². The molecule has 0 radical (unpaired) electrons. The summed E-state index contributed by atoms with van der Waals surface area (Å²) < 4.78 is 2.98. The number of hydrogen-bond acceptors (Lipinski definition) is 4. The second kappa shape index (κ2) is 8.47. The summed E-state index contributed by atoms with van der Waals surface area (Å²) in [6.45, 7) is 0.650. The maximum Gasteiger partial charge on any atom is 0.256 e. The van der Waals surface area contributed by atoms with Crippen LogP contribution in [0.2, 0.25) is 0 Å². The van der Waals surface area contributed by atoms with E-state index in [2.05, 4.69) is 22.2 Å². The molecule has 3 amide bonds. The van der Waals surface area contributed by atoms with Crippen molar-refractivity contribution in [1.29, 1.82) is 0 Å². The lowest BCUT2D eigenvalue weighted by atomic mass is 10.1. The summed E-state index contributed by atoms with van der Waals surface area (Å²) >= 11 is 1.49. The second-order valence-corrected chi connectivity index (χ2v) is 9.75. The van der Waals surface area contributed by atoms with Gasteiger partial charge in [-0.25, -0.2) is 0 Å². The van der Waals surface area contributed by atoms with Crippen LogP contribution in [0.15, 0.2) is 12.2 Å². The maximum absolute atomic E-state index is 13.1. The van der Waals surface area contributed by atoms with Crippen LogP contribution in [0.1, 0.15) is 70.6 Å². The van der Waals surface area contributed by atoms with Crippen LogP contribution in [0.25, 0.3) is 0 Å². The minimum absolute atomic E-state index is 0.0481. The van der Waals surface area contributed by atoms with Crippen LogP contribution in [-0.4, -0.2) is 46.0 Å². The SMILES string of the molecule is O=C1N[C@]2(C(=O)NSC3CC3)CC2/C=C\CCCCCCC(=O)N2CCCC12. The average molecular weight is 406 g/mol. The van der Waals surface area contributed by atoms with Crippen molar-refractivity contribution in [2.24, 2.45) is 5.92 Å². The fourth-order valence-electron chi connectivity index (χ4n) is 4.33. The first-order chi connectivity index (χ1) is 13.6. The van der Waals surface area contributed by atoms with Crippen LogP contribution < -0.4 is 10.0 Å². The first-order valence-electron chi connectivity index (χ1n) is 10.8. The molecule has 0 spiro atoms. The predicted molar refractivity (Wildman–Crippen MR) is 109 cm³/mol. The Morgan fingerprint density at radius 1 is 1.14 bits per heavy atom. The van der Waals surface area contributed by atoms with Crippen LogP contribution in [0.5, 0.6) is 0 Å². The third-order valence-electron chi connectivity index (χ3n) is 6.36. The highest BCUT2D eigenvalue weighted by Crippen LogP contribution is 2.46. The molecule has 2 N–H and O–H groups in total. The maximum atomic E-state index is 13.1. The lowest BCUT2D eigenvalue weighted by Gasteiger charge is -2.26. The first-order valence-corrected chi connectivity index (χ1v) is 11.7. The monoisotopic (exact) mass is 405 g/mol. The Morgan fingerprint density at radius 2 is 1.96 bits per heavy atom. The molecule has 2 saturated carbocycles. The molecule has 7 heteroatoms. The third kappa shape index (κ3) is 4.39. The quantitative estimate of drug-likeness (QED) is 0.559. The van der Waals surface area contributed by atoms with Gasteiger partial charge in [-0.15, -0.1) is 0 Å². The minimum atomic E-state index is -0.840. The fraction of sp³-hybridized carbons (Fsp3) is 0.762. The van der Waals surface area contributed by atoms with Crippen molar-refractivity contribution in [3.05, 3.63) is 12.2 Å². The Hall–Kier alpha value is -1.50. The van der Waals surface area contributed by atoms with Gasteiger partial charge in [0, 0.05) is 24.1 Å². The summed E-state index contributed by atoms with van der Waals surface area (Å²) in [7, 11) is 0. The van der Waals surface area contributed by atoms with Crippen molar-refractivity contribution in [3.8, 4) is 0 Å². The van der Waals surface area contributed by atoms with Gasteiger partial charge in [0.15, 0.2) is 0 Å². The number of rotatable bonds is 3. The molecule has 1 saturated heterocycles. The number of nitrogens with one attached hydrogen (secondary N) is 2. The molecule has 4 aliphatic rings. The number of fused-ring (bicyclic) bond motifs is 2. The summed E-state index contributed by atoms with van der Waals surface area (Å²) in [4.78, 5) is 40.4. The number of carbonyl (C=O) groups is 3. The number of nitrogens with zero attached hydrogens (tertiary/aromatic N) is 1. The van der Waals surface area contributed by atoms with E-state index in [-0.39, 0.29) is 23.6 Å². The van der Waals surface area contributed by atoms with Gasteiger partial charge in [-0.3, -0.25) is 19.1 Å². The molecule has 6 nitrogen and oxygen atoms in total. The standard InChI is InChI=1S/C21H31N3O3S/c25-18-10-6-4-2-1-3-5-8-15-14-21(15,20(27)23-28-16-11-12-16)22-19(26)17-9-7-13-24(17)18/h5,8,15-17H,1-4,6-7,9-14H2,(H,22,26)(H,23,27)/b8-5-/t15?,17?,21-/m1/s1. The van der Waals surface area contributed by atoms with Crippen molar-refractivity contribution in [3.63, 3.8) is 0 Å². The highest BCUT2D eigenvalue weighted by Gasteiger charge is 2.60. The molecule has 2 aliphatic carbocycles. The van der Waals surface area contributed by atoms with E-state index in [1.165, 1.54) is 11.9 Å². The molecule has 154 valence electrons. The third-order valence-corrected chi connectivity index (χ3v) is 7.47. The van der Waals surface area contributed by atoms with Crippen LogP contribution >= 0.6 is 11.9 Å². The molecule has 3 atom stereocenters. The Morgan fingerprint density at radius 3 is 2.79 bits per heavy atom. The summed E-state index contributed by atoms with van der Waals surface area (Å²) in [5.74, 6) is -0.122. The van der Waals surface area contributed by atoms with Crippen LogP contribution in [0, 0.1) is 5.92 Å². The second-order valence-electron chi connectivity index (χ2n) is 8.65. The van der Waals surface area contributed by atoms with Gasteiger partial charge in [-0.2, -0.15) is 0 Å². The number of amides is 3. The first kappa shape index (κ1) is 19.8. The Bertz CT molecular complexity index is 663. The van der Waals surface area contributed by atoms with Crippen molar-refractivity contribution in [2.45, 2.75) is 87.5 Å². The summed E-state index contributed by atoms with van der Waals surface area (Å²) in [5.41, 5.74) is -0.840. The molecule has 2 heterocycles. The number of allylic oxidation sites excluding steroid dienone is 1. The zero-order valence-corrected chi connectivity index (χ0v) is 17.3. The van der Waals surface area contributed by atoms with Crippen molar-refractivity contribution < 1.29 is 14.4 Å². The minimum Gasteiger partial charge on any atom is -0.339 e. The molecule has 28 heavy (non-hydrogen) atoms.